The summed E-state index contributed by atoms with van der Waals surface area (Å²) in [6.45, 7) is 3.03. The monoisotopic (exact) mass is 367 g/mol. The molecule has 6 heteroatoms. The molecule has 0 saturated carbocycles. The normalized spacial score (nSPS) is 20.8. The third-order valence-electron chi connectivity index (χ3n) is 4.26. The zero-order chi connectivity index (χ0) is 16.9. The van der Waals surface area contributed by atoms with E-state index in [1.165, 1.54) is 10.5 Å². The molecule has 0 aromatic heterocycles. The lowest BCUT2D eigenvalue weighted by Gasteiger charge is -2.33. The van der Waals surface area contributed by atoms with Crippen molar-refractivity contribution in [1.82, 2.24) is 5.32 Å². The second kappa shape index (κ2) is 8.19. The van der Waals surface area contributed by atoms with Crippen molar-refractivity contribution in [3.8, 4) is 5.75 Å². The summed E-state index contributed by atoms with van der Waals surface area (Å²) in [6, 6.07) is 14.0. The molecule has 0 aliphatic carbocycles. The van der Waals surface area contributed by atoms with Crippen molar-refractivity contribution in [3.05, 3.63) is 58.1 Å². The van der Waals surface area contributed by atoms with E-state index in [1.807, 2.05) is 30.3 Å². The predicted octanol–water partition coefficient (Wildman–Crippen LogP) is 2.23. The number of nitrogens with one attached hydrogen (secondary N) is 2. The van der Waals surface area contributed by atoms with Gasteiger partial charge in [0, 0.05) is 29.3 Å². The first-order valence-corrected chi connectivity index (χ1v) is 8.80. The van der Waals surface area contributed by atoms with Crippen LogP contribution >= 0.6 is 23.2 Å². The largest absolute Gasteiger partial charge is 0.491 e. The molecule has 1 aliphatic heterocycles. The lowest BCUT2D eigenvalue weighted by atomic mass is 10.0. The fourth-order valence-corrected chi connectivity index (χ4v) is 3.53. The molecule has 0 spiro atoms. The number of piperazine rings is 1. The van der Waals surface area contributed by atoms with Crippen LogP contribution in [0.2, 0.25) is 10.0 Å². The van der Waals surface area contributed by atoms with Crippen LogP contribution < -0.4 is 15.0 Å². The number of halogens is 2. The maximum Gasteiger partial charge on any atom is 0.150 e. The summed E-state index contributed by atoms with van der Waals surface area (Å²) in [5.74, 6) is 0.676. The highest BCUT2D eigenvalue weighted by atomic mass is 35.5. The number of ether oxygens (including phenoxy) is 1. The number of aliphatic hydroxyl groups is 1. The number of hydrogen-bond acceptors (Lipinski definition) is 3. The molecule has 3 N–H and O–H groups in total. The third kappa shape index (κ3) is 4.02. The van der Waals surface area contributed by atoms with Gasteiger partial charge in [0.1, 0.15) is 23.4 Å². The van der Waals surface area contributed by atoms with Crippen LogP contribution in [0.4, 0.5) is 5.69 Å². The van der Waals surface area contributed by atoms with Gasteiger partial charge in [0.25, 0.3) is 0 Å². The highest BCUT2D eigenvalue weighted by Crippen LogP contribution is 2.26. The van der Waals surface area contributed by atoms with Gasteiger partial charge in [0.05, 0.1) is 19.7 Å². The molecular weight excluding hydrogens is 347 g/mol. The first-order chi connectivity index (χ1) is 11.7. The zero-order valence-corrected chi connectivity index (χ0v) is 14.8. The summed E-state index contributed by atoms with van der Waals surface area (Å²) < 4.78 is 5.43. The molecule has 1 aliphatic rings. The molecule has 1 fully saturated rings. The molecule has 1 saturated heterocycles. The smallest absolute Gasteiger partial charge is 0.150 e. The van der Waals surface area contributed by atoms with Gasteiger partial charge >= 0.3 is 0 Å². The maximum absolute atomic E-state index is 8.86. The summed E-state index contributed by atoms with van der Waals surface area (Å²) in [6.07, 6.45) is 0. The van der Waals surface area contributed by atoms with Crippen LogP contribution in [0.15, 0.2) is 42.5 Å². The molecule has 24 heavy (non-hydrogen) atoms. The van der Waals surface area contributed by atoms with Crippen LogP contribution in [-0.4, -0.2) is 38.0 Å². The van der Waals surface area contributed by atoms with E-state index in [1.54, 1.807) is 0 Å². The Bertz CT molecular complexity index is 679. The Morgan fingerprint density at radius 2 is 1.96 bits per heavy atom. The highest BCUT2D eigenvalue weighted by Gasteiger charge is 2.30. The Kier molecular flexibility index (Phi) is 5.98. The van der Waals surface area contributed by atoms with Crippen LogP contribution in [0.3, 0.4) is 0 Å². The molecule has 0 radical (unpaired) electrons. The van der Waals surface area contributed by atoms with Gasteiger partial charge in [-0.05, 0) is 18.2 Å². The van der Waals surface area contributed by atoms with Crippen molar-refractivity contribution < 1.29 is 14.7 Å². The molecule has 1 heterocycles. The quantitative estimate of drug-likeness (QED) is 0.759. The van der Waals surface area contributed by atoms with Crippen molar-refractivity contribution in [2.75, 3.05) is 32.8 Å². The van der Waals surface area contributed by atoms with Crippen LogP contribution in [0.5, 0.6) is 5.75 Å². The summed E-state index contributed by atoms with van der Waals surface area (Å²) in [4.78, 5) is 1.33. The van der Waals surface area contributed by atoms with Crippen LogP contribution in [0.25, 0.3) is 0 Å². The van der Waals surface area contributed by atoms with Gasteiger partial charge in [-0.3, -0.25) is 4.90 Å². The third-order valence-corrected chi connectivity index (χ3v) is 4.82. The first kappa shape index (κ1) is 17.5. The van der Waals surface area contributed by atoms with Gasteiger partial charge in [-0.15, -0.1) is 0 Å². The van der Waals surface area contributed by atoms with Crippen molar-refractivity contribution in [2.24, 2.45) is 0 Å². The summed E-state index contributed by atoms with van der Waals surface area (Å²) >= 11 is 12.5. The minimum absolute atomic E-state index is 0.0128. The van der Waals surface area contributed by atoms with Crippen LogP contribution in [0.1, 0.15) is 11.6 Å². The number of hydrogen-bond donors (Lipinski definition) is 3. The van der Waals surface area contributed by atoms with E-state index in [-0.39, 0.29) is 19.3 Å². The Balaban J connectivity index is 1.86. The average Bonchev–Trinajstić information content (AvgIpc) is 2.61. The fraction of sp³-hybridized carbons (Fsp3) is 0.333. The van der Waals surface area contributed by atoms with E-state index in [0.29, 0.717) is 10.8 Å². The van der Waals surface area contributed by atoms with Crippen molar-refractivity contribution in [1.29, 1.82) is 0 Å². The van der Waals surface area contributed by atoms with E-state index < -0.39 is 0 Å². The standard InChI is InChI=1S/C18H20Cl2N2O2/c19-14-3-1-13(2-4-14)18-12-21-7-8-22(18)17-6-5-15(11-16(17)20)24-10-9-23/h1-6,11,18,21,23H,7-10,12H2/p+1/t18-/m0/s1. The van der Waals surface area contributed by atoms with E-state index in [0.717, 1.165) is 30.3 Å². The van der Waals surface area contributed by atoms with Crippen LogP contribution in [-0.2, 0) is 0 Å². The molecule has 0 amide bonds. The SMILES string of the molecule is OCCOc1ccc([NH+]2CCNC[C@H]2c2ccc(Cl)cc2)c(Cl)c1. The van der Waals surface area contributed by atoms with E-state index in [4.69, 9.17) is 33.0 Å². The van der Waals surface area contributed by atoms with Gasteiger partial charge in [-0.1, -0.05) is 35.3 Å². The van der Waals surface area contributed by atoms with E-state index in [2.05, 4.69) is 17.4 Å². The van der Waals surface area contributed by atoms with Crippen LogP contribution in [0, 0.1) is 0 Å². The molecule has 2 aromatic carbocycles. The molecule has 0 bridgehead atoms. The van der Waals surface area contributed by atoms with Gasteiger partial charge < -0.3 is 15.2 Å². The number of benzene rings is 2. The molecular formula is C18H21Cl2N2O2+. The van der Waals surface area contributed by atoms with Gasteiger partial charge in [0.15, 0.2) is 5.69 Å². The molecule has 128 valence electrons. The van der Waals surface area contributed by atoms with Gasteiger partial charge in [0.2, 0.25) is 0 Å². The lowest BCUT2D eigenvalue weighted by molar-refractivity contribution is -0.869. The fourth-order valence-electron chi connectivity index (χ4n) is 3.11. The van der Waals surface area contributed by atoms with Crippen molar-refractivity contribution in [3.63, 3.8) is 0 Å². The predicted molar refractivity (Wildman–Crippen MR) is 96.6 cm³/mol. The first-order valence-electron chi connectivity index (χ1n) is 8.04. The van der Waals surface area contributed by atoms with E-state index in [9.17, 15) is 0 Å². The highest BCUT2D eigenvalue weighted by molar-refractivity contribution is 6.32. The van der Waals surface area contributed by atoms with Crippen molar-refractivity contribution >= 4 is 28.9 Å². The topological polar surface area (TPSA) is 45.9 Å². The minimum atomic E-state index is -0.0128. The lowest BCUT2D eigenvalue weighted by Crippen LogP contribution is -3.10. The van der Waals surface area contributed by atoms with Gasteiger partial charge in [-0.25, -0.2) is 0 Å². The molecule has 3 rings (SSSR count). The molecule has 1 unspecified atom stereocenters. The average molecular weight is 368 g/mol. The number of rotatable bonds is 5. The zero-order valence-electron chi connectivity index (χ0n) is 13.3. The summed E-state index contributed by atoms with van der Waals surface area (Å²) in [7, 11) is 0. The maximum atomic E-state index is 8.86. The second-order valence-corrected chi connectivity index (χ2v) is 6.64. The Labute approximate surface area is 151 Å². The summed E-state index contributed by atoms with van der Waals surface area (Å²) in [5, 5.41) is 13.7. The minimum Gasteiger partial charge on any atom is -0.491 e. The molecule has 2 atom stereocenters. The molecule has 2 aromatic rings. The summed E-state index contributed by atoms with van der Waals surface area (Å²) in [5.41, 5.74) is 2.30. The number of aliphatic hydroxyl groups excluding tert-OH is 1. The van der Waals surface area contributed by atoms with E-state index >= 15 is 0 Å². The number of quaternary nitrogens is 1. The second-order valence-electron chi connectivity index (χ2n) is 5.80. The van der Waals surface area contributed by atoms with Gasteiger partial charge in [-0.2, -0.15) is 0 Å². The van der Waals surface area contributed by atoms with Crippen molar-refractivity contribution in [2.45, 2.75) is 6.04 Å². The Morgan fingerprint density at radius 1 is 1.17 bits per heavy atom. The molecule has 4 nitrogen and oxygen atoms in total. The Morgan fingerprint density at radius 3 is 2.67 bits per heavy atom. The Hall–Kier alpha value is -1.30.